The van der Waals surface area contributed by atoms with E-state index in [0.717, 1.165) is 29.1 Å². The van der Waals surface area contributed by atoms with Crippen LogP contribution in [0.2, 0.25) is 0 Å². The van der Waals surface area contributed by atoms with Crippen LogP contribution in [0.15, 0.2) is 54.6 Å². The van der Waals surface area contributed by atoms with Gasteiger partial charge in [0.05, 0.1) is 11.4 Å². The van der Waals surface area contributed by atoms with Crippen molar-refractivity contribution >= 4 is 11.6 Å². The number of amides is 1. The van der Waals surface area contributed by atoms with E-state index >= 15 is 0 Å². The SMILES string of the molecule is CCc1ccccc1NC(=O)c1nnn(-c2ccccc2)c1CC. The maximum Gasteiger partial charge on any atom is 0.278 e. The maximum absolute atomic E-state index is 12.7. The molecule has 1 aromatic heterocycles. The van der Waals surface area contributed by atoms with Crippen LogP contribution in [-0.4, -0.2) is 20.9 Å². The number of carbonyl (C=O) groups excluding carboxylic acids is 1. The van der Waals surface area contributed by atoms with E-state index in [1.165, 1.54) is 0 Å². The summed E-state index contributed by atoms with van der Waals surface area (Å²) < 4.78 is 1.72. The topological polar surface area (TPSA) is 59.8 Å². The summed E-state index contributed by atoms with van der Waals surface area (Å²) in [6.45, 7) is 4.06. The highest BCUT2D eigenvalue weighted by Crippen LogP contribution is 2.18. The molecule has 0 spiro atoms. The lowest BCUT2D eigenvalue weighted by Crippen LogP contribution is -2.16. The van der Waals surface area contributed by atoms with Crippen molar-refractivity contribution < 1.29 is 4.79 Å². The minimum atomic E-state index is -0.227. The van der Waals surface area contributed by atoms with E-state index in [2.05, 4.69) is 22.6 Å². The number of nitrogens with one attached hydrogen (secondary N) is 1. The number of benzene rings is 2. The first-order valence-electron chi connectivity index (χ1n) is 8.13. The minimum Gasteiger partial charge on any atom is -0.320 e. The fraction of sp³-hybridized carbons (Fsp3) is 0.211. The molecule has 1 N–H and O–H groups in total. The Morgan fingerprint density at radius 3 is 2.42 bits per heavy atom. The Balaban J connectivity index is 1.92. The van der Waals surface area contributed by atoms with Gasteiger partial charge in [-0.3, -0.25) is 4.79 Å². The Morgan fingerprint density at radius 1 is 1.00 bits per heavy atom. The Hall–Kier alpha value is -2.95. The van der Waals surface area contributed by atoms with Crippen LogP contribution >= 0.6 is 0 Å². The molecule has 0 atom stereocenters. The summed E-state index contributed by atoms with van der Waals surface area (Å²) in [6, 6.07) is 17.5. The lowest BCUT2D eigenvalue weighted by atomic mass is 10.1. The van der Waals surface area contributed by atoms with Crippen LogP contribution in [-0.2, 0) is 12.8 Å². The molecule has 0 aliphatic rings. The van der Waals surface area contributed by atoms with Crippen molar-refractivity contribution in [1.29, 1.82) is 0 Å². The molecule has 24 heavy (non-hydrogen) atoms. The van der Waals surface area contributed by atoms with Crippen molar-refractivity contribution in [2.24, 2.45) is 0 Å². The predicted octanol–water partition coefficient (Wildman–Crippen LogP) is 3.64. The molecule has 3 rings (SSSR count). The van der Waals surface area contributed by atoms with E-state index in [1.54, 1.807) is 4.68 Å². The minimum absolute atomic E-state index is 0.227. The number of rotatable bonds is 5. The smallest absolute Gasteiger partial charge is 0.278 e. The first-order chi connectivity index (χ1) is 11.7. The normalized spacial score (nSPS) is 10.6. The van der Waals surface area contributed by atoms with Crippen LogP contribution in [0.1, 0.15) is 35.6 Å². The van der Waals surface area contributed by atoms with Gasteiger partial charge in [-0.25, -0.2) is 4.68 Å². The van der Waals surface area contributed by atoms with Crippen molar-refractivity contribution in [3.63, 3.8) is 0 Å². The maximum atomic E-state index is 12.7. The number of hydrogen-bond acceptors (Lipinski definition) is 3. The molecule has 1 heterocycles. The first-order valence-corrected chi connectivity index (χ1v) is 8.13. The van der Waals surface area contributed by atoms with Gasteiger partial charge < -0.3 is 5.32 Å². The fourth-order valence-electron chi connectivity index (χ4n) is 2.70. The lowest BCUT2D eigenvalue weighted by Gasteiger charge is -2.09. The van der Waals surface area contributed by atoms with Crippen LogP contribution in [0, 0.1) is 0 Å². The Labute approximate surface area is 141 Å². The van der Waals surface area contributed by atoms with Gasteiger partial charge in [-0.05, 0) is 36.6 Å². The molecule has 1 amide bonds. The molecule has 0 bridgehead atoms. The number of hydrogen-bond donors (Lipinski definition) is 1. The zero-order valence-corrected chi connectivity index (χ0v) is 13.9. The summed E-state index contributed by atoms with van der Waals surface area (Å²) in [4.78, 5) is 12.7. The van der Waals surface area contributed by atoms with E-state index in [4.69, 9.17) is 0 Å². The second kappa shape index (κ2) is 7.08. The van der Waals surface area contributed by atoms with E-state index in [0.29, 0.717) is 12.1 Å². The Bertz CT molecular complexity index is 840. The van der Waals surface area contributed by atoms with Crippen molar-refractivity contribution in [1.82, 2.24) is 15.0 Å². The van der Waals surface area contributed by atoms with Crippen molar-refractivity contribution in [3.8, 4) is 5.69 Å². The summed E-state index contributed by atoms with van der Waals surface area (Å²) in [7, 11) is 0. The average Bonchev–Trinajstić information content (AvgIpc) is 3.07. The van der Waals surface area contributed by atoms with Gasteiger partial charge in [0.1, 0.15) is 0 Å². The molecule has 5 nitrogen and oxygen atoms in total. The summed E-state index contributed by atoms with van der Waals surface area (Å²) in [5, 5.41) is 11.2. The van der Waals surface area contributed by atoms with Crippen LogP contribution < -0.4 is 5.32 Å². The highest BCUT2D eigenvalue weighted by atomic mass is 16.2. The van der Waals surface area contributed by atoms with Gasteiger partial charge in [-0.2, -0.15) is 0 Å². The molecule has 0 aliphatic heterocycles. The third-order valence-electron chi connectivity index (χ3n) is 3.96. The van der Waals surface area contributed by atoms with Gasteiger partial charge in [-0.1, -0.05) is 55.5 Å². The second-order valence-corrected chi connectivity index (χ2v) is 5.45. The fourth-order valence-corrected chi connectivity index (χ4v) is 2.70. The average molecular weight is 320 g/mol. The van der Waals surface area contributed by atoms with E-state index in [-0.39, 0.29) is 5.91 Å². The highest BCUT2D eigenvalue weighted by molar-refractivity contribution is 6.04. The molecular formula is C19H20N4O. The van der Waals surface area contributed by atoms with Gasteiger partial charge >= 0.3 is 0 Å². The number of aromatic nitrogens is 3. The second-order valence-electron chi connectivity index (χ2n) is 5.45. The van der Waals surface area contributed by atoms with Gasteiger partial charge in [0.15, 0.2) is 5.69 Å². The van der Waals surface area contributed by atoms with Gasteiger partial charge in [0.2, 0.25) is 0 Å². The molecule has 0 radical (unpaired) electrons. The third kappa shape index (κ3) is 3.06. The van der Waals surface area contributed by atoms with Crippen molar-refractivity contribution in [2.75, 3.05) is 5.32 Å². The van der Waals surface area contributed by atoms with E-state index in [9.17, 15) is 4.79 Å². The summed E-state index contributed by atoms with van der Waals surface area (Å²) in [6.07, 6.45) is 1.52. The zero-order chi connectivity index (χ0) is 16.9. The summed E-state index contributed by atoms with van der Waals surface area (Å²) in [5.41, 5.74) is 3.98. The van der Waals surface area contributed by atoms with Crippen molar-refractivity contribution in [3.05, 3.63) is 71.5 Å². The summed E-state index contributed by atoms with van der Waals surface area (Å²) >= 11 is 0. The van der Waals surface area contributed by atoms with Crippen LogP contribution in [0.3, 0.4) is 0 Å². The molecule has 0 fully saturated rings. The Morgan fingerprint density at radius 2 is 1.71 bits per heavy atom. The number of anilines is 1. The van der Waals surface area contributed by atoms with Crippen LogP contribution in [0.4, 0.5) is 5.69 Å². The van der Waals surface area contributed by atoms with E-state index in [1.807, 2.05) is 61.5 Å². The largest absolute Gasteiger partial charge is 0.320 e. The number of para-hydroxylation sites is 2. The van der Waals surface area contributed by atoms with Crippen LogP contribution in [0.5, 0.6) is 0 Å². The highest BCUT2D eigenvalue weighted by Gasteiger charge is 2.19. The summed E-state index contributed by atoms with van der Waals surface area (Å²) in [5.74, 6) is -0.227. The zero-order valence-electron chi connectivity index (χ0n) is 13.9. The molecule has 0 aliphatic carbocycles. The molecule has 122 valence electrons. The predicted molar refractivity (Wildman–Crippen MR) is 94.5 cm³/mol. The molecule has 0 saturated carbocycles. The van der Waals surface area contributed by atoms with Gasteiger partial charge in [-0.15, -0.1) is 5.10 Å². The van der Waals surface area contributed by atoms with Crippen LogP contribution in [0.25, 0.3) is 5.69 Å². The molecular weight excluding hydrogens is 300 g/mol. The molecule has 0 unspecified atom stereocenters. The Kier molecular flexibility index (Phi) is 4.70. The molecule has 3 aromatic rings. The third-order valence-corrected chi connectivity index (χ3v) is 3.96. The number of nitrogens with zero attached hydrogens (tertiary/aromatic N) is 3. The van der Waals surface area contributed by atoms with Gasteiger partial charge in [0, 0.05) is 5.69 Å². The molecule has 0 saturated heterocycles. The monoisotopic (exact) mass is 320 g/mol. The first kappa shape index (κ1) is 15.9. The lowest BCUT2D eigenvalue weighted by molar-refractivity contribution is 0.102. The molecule has 2 aromatic carbocycles. The molecule has 5 heteroatoms. The number of aryl methyl sites for hydroxylation is 1. The van der Waals surface area contributed by atoms with Gasteiger partial charge in [0.25, 0.3) is 5.91 Å². The number of carbonyl (C=O) groups is 1. The van der Waals surface area contributed by atoms with E-state index < -0.39 is 0 Å². The van der Waals surface area contributed by atoms with Crippen molar-refractivity contribution in [2.45, 2.75) is 26.7 Å². The standard InChI is InChI=1S/C19H20N4O/c1-3-14-10-8-9-13-16(14)20-19(24)18-17(4-2)23(22-21-18)15-11-6-5-7-12-15/h5-13H,3-4H2,1-2H3,(H,20,24). The quantitative estimate of drug-likeness (QED) is 0.780.